The highest BCUT2D eigenvalue weighted by Gasteiger charge is 2.47. The number of hydrogen-bond donors (Lipinski definition) is 2. The van der Waals surface area contributed by atoms with Crippen LogP contribution in [-0.4, -0.2) is 106 Å². The predicted molar refractivity (Wildman–Crippen MR) is 165 cm³/mol. The first-order valence-electron chi connectivity index (χ1n) is 15.1. The number of aryl methyl sites for hydroxylation is 2. The Balaban J connectivity index is 1.39. The molecule has 254 valence electrons. The topological polar surface area (TPSA) is 147 Å². The number of fused-ring (bicyclic) bond motifs is 2. The molecule has 1 saturated heterocycles. The van der Waals surface area contributed by atoms with Gasteiger partial charge in [-0.15, -0.1) is 0 Å². The van der Waals surface area contributed by atoms with Crippen molar-refractivity contribution in [2.45, 2.75) is 37.9 Å². The average Bonchev–Trinajstić information content (AvgIpc) is 3.33. The van der Waals surface area contributed by atoms with E-state index in [0.717, 1.165) is 23.3 Å². The largest absolute Gasteiger partial charge is 0.491 e. The number of amidine groups is 1. The van der Waals surface area contributed by atoms with Crippen LogP contribution in [0, 0.1) is 6.92 Å². The predicted octanol–water partition coefficient (Wildman–Crippen LogP) is 1.89. The molecule has 16 heteroatoms. The lowest BCUT2D eigenvalue weighted by Crippen LogP contribution is -2.50. The molecule has 2 aromatic carbocycles. The first kappa shape index (κ1) is 34.3. The van der Waals surface area contributed by atoms with Crippen molar-refractivity contribution in [3.05, 3.63) is 64.2 Å². The Morgan fingerprint density at radius 1 is 0.979 bits per heavy atom. The fourth-order valence-corrected chi connectivity index (χ4v) is 7.21. The molecule has 5 aliphatic rings. The van der Waals surface area contributed by atoms with Gasteiger partial charge in [-0.2, -0.15) is 13.2 Å². The Morgan fingerprint density at radius 3 is 2.43 bits per heavy atom. The fourth-order valence-electron chi connectivity index (χ4n) is 5.73. The molecule has 0 aliphatic carbocycles. The standard InChI is InChI=1S/C31H36F3N5O7S/c1-20-15-22-4-3-21(20)5-14-47(43,44)39-9-6-30(7-10-39)29(42)36-27(37-30)23-16-24(31(32,33)34)18-25(17-23)46-13-12-45-11-8-35-26(40)19-38(2)28(22)41/h3-4,15-18H,5-14,19H2,1-2H3,(H,35,40)(H,36,37,42). The van der Waals surface area contributed by atoms with Crippen LogP contribution >= 0.6 is 0 Å². The van der Waals surface area contributed by atoms with Gasteiger partial charge in [0.05, 0.1) is 31.1 Å². The number of piperidine rings is 1. The van der Waals surface area contributed by atoms with Gasteiger partial charge in [0.25, 0.3) is 11.8 Å². The number of likely N-dealkylation sites (N-methyl/N-ethyl adjacent to an activating group) is 1. The minimum atomic E-state index is -4.71. The number of hydrogen-bond acceptors (Lipinski definition) is 8. The Kier molecular flexibility index (Phi) is 9.94. The quantitative estimate of drug-likeness (QED) is 0.433. The van der Waals surface area contributed by atoms with Gasteiger partial charge in [-0.05, 0) is 67.6 Å². The zero-order valence-electron chi connectivity index (χ0n) is 26.0. The summed E-state index contributed by atoms with van der Waals surface area (Å²) in [6, 6.07) is 8.01. The van der Waals surface area contributed by atoms with E-state index in [1.807, 2.05) is 0 Å². The van der Waals surface area contributed by atoms with E-state index in [0.29, 0.717) is 5.56 Å². The number of rotatable bonds is 0. The van der Waals surface area contributed by atoms with Gasteiger partial charge in [-0.1, -0.05) is 6.07 Å². The van der Waals surface area contributed by atoms with Crippen molar-refractivity contribution in [1.29, 1.82) is 0 Å². The molecule has 12 nitrogen and oxygen atoms in total. The summed E-state index contributed by atoms with van der Waals surface area (Å²) in [5, 5.41) is 5.24. The number of sulfonamides is 1. The number of amides is 3. The smallest absolute Gasteiger partial charge is 0.416 e. The van der Waals surface area contributed by atoms with Crippen LogP contribution in [-0.2, 0) is 36.9 Å². The monoisotopic (exact) mass is 679 g/mol. The first-order chi connectivity index (χ1) is 22.2. The van der Waals surface area contributed by atoms with Crippen molar-refractivity contribution in [2.24, 2.45) is 4.99 Å². The van der Waals surface area contributed by atoms with E-state index in [9.17, 15) is 36.0 Å². The lowest BCUT2D eigenvalue weighted by molar-refractivity contribution is -0.137. The molecule has 0 radical (unpaired) electrons. The molecule has 2 aromatic rings. The highest BCUT2D eigenvalue weighted by molar-refractivity contribution is 7.89. The summed E-state index contributed by atoms with van der Waals surface area (Å²) < 4.78 is 80.2. The van der Waals surface area contributed by atoms with Crippen LogP contribution in [0.25, 0.3) is 0 Å². The molecule has 1 spiro atoms. The van der Waals surface area contributed by atoms with Gasteiger partial charge >= 0.3 is 6.18 Å². The number of nitrogens with one attached hydrogen (secondary N) is 2. The van der Waals surface area contributed by atoms with Crippen LogP contribution in [0.1, 0.15) is 45.5 Å². The van der Waals surface area contributed by atoms with Crippen molar-refractivity contribution in [2.75, 3.05) is 58.8 Å². The first-order valence-corrected chi connectivity index (χ1v) is 16.7. The lowest BCUT2D eigenvalue weighted by Gasteiger charge is -2.34. The molecule has 0 unspecified atom stereocenters. The molecule has 2 N–H and O–H groups in total. The summed E-state index contributed by atoms with van der Waals surface area (Å²) in [4.78, 5) is 44.2. The Morgan fingerprint density at radius 2 is 1.72 bits per heavy atom. The van der Waals surface area contributed by atoms with Crippen LogP contribution in [0.3, 0.4) is 0 Å². The third-order valence-corrected chi connectivity index (χ3v) is 10.3. The zero-order valence-corrected chi connectivity index (χ0v) is 26.8. The summed E-state index contributed by atoms with van der Waals surface area (Å²) in [5.74, 6) is -1.66. The van der Waals surface area contributed by atoms with Crippen LogP contribution in [0.4, 0.5) is 13.2 Å². The SMILES string of the molecule is Cc1cc2ccc1CCS(=O)(=O)N1CCC3(CC1)N=C(NC3=O)c1cc(cc(C(F)(F)F)c1)OCCOCCNC(=O)CN(C)C2=O. The van der Waals surface area contributed by atoms with Crippen LogP contribution < -0.4 is 15.4 Å². The van der Waals surface area contributed by atoms with Crippen LogP contribution in [0.2, 0.25) is 0 Å². The Labute approximate surface area is 270 Å². The van der Waals surface area contributed by atoms with Crippen LogP contribution in [0.5, 0.6) is 5.75 Å². The second-order valence-corrected chi connectivity index (χ2v) is 13.9. The van der Waals surface area contributed by atoms with Gasteiger partial charge in [0.15, 0.2) is 0 Å². The lowest BCUT2D eigenvalue weighted by atomic mass is 9.89. The molecule has 3 amide bonds. The van der Waals surface area contributed by atoms with Crippen molar-refractivity contribution < 1.29 is 45.4 Å². The number of halogens is 3. The summed E-state index contributed by atoms with van der Waals surface area (Å²) in [7, 11) is -2.24. The molecule has 5 heterocycles. The normalized spacial score (nSPS) is 24.6. The average molecular weight is 680 g/mol. The van der Waals surface area contributed by atoms with Gasteiger partial charge in [0.1, 0.15) is 23.7 Å². The zero-order chi connectivity index (χ0) is 34.0. The summed E-state index contributed by atoms with van der Waals surface area (Å²) in [6.45, 7) is 1.73. The number of aliphatic imine (C=N–C) groups is 1. The maximum Gasteiger partial charge on any atom is 0.416 e. The van der Waals surface area contributed by atoms with Crippen molar-refractivity contribution >= 4 is 33.6 Å². The maximum absolute atomic E-state index is 13.8. The number of ether oxygens (including phenoxy) is 2. The second-order valence-electron chi connectivity index (χ2n) is 11.8. The number of alkyl halides is 3. The Bertz CT molecular complexity index is 1690. The highest BCUT2D eigenvalue weighted by Crippen LogP contribution is 2.36. The minimum absolute atomic E-state index is 0.000860. The molecule has 0 saturated carbocycles. The van der Waals surface area contributed by atoms with E-state index in [2.05, 4.69) is 15.6 Å². The summed E-state index contributed by atoms with van der Waals surface area (Å²) in [5.41, 5.74) is -0.484. The summed E-state index contributed by atoms with van der Waals surface area (Å²) >= 11 is 0. The Hall–Kier alpha value is -4.02. The second kappa shape index (κ2) is 13.6. The molecule has 7 bridgehead atoms. The van der Waals surface area contributed by atoms with Crippen molar-refractivity contribution in [1.82, 2.24) is 19.8 Å². The van der Waals surface area contributed by atoms with Gasteiger partial charge in [0.2, 0.25) is 15.9 Å². The number of benzene rings is 2. The van der Waals surface area contributed by atoms with Gasteiger partial charge in [-0.25, -0.2) is 12.7 Å². The molecule has 47 heavy (non-hydrogen) atoms. The molecule has 7 rings (SSSR count). The van der Waals surface area contributed by atoms with Crippen molar-refractivity contribution in [3.8, 4) is 5.75 Å². The minimum Gasteiger partial charge on any atom is -0.491 e. The van der Waals surface area contributed by atoms with E-state index < -0.39 is 39.1 Å². The van der Waals surface area contributed by atoms with E-state index in [-0.39, 0.29) is 94.1 Å². The number of nitrogens with zero attached hydrogens (tertiary/aromatic N) is 3. The molecular weight excluding hydrogens is 643 g/mol. The van der Waals surface area contributed by atoms with Crippen LogP contribution in [0.15, 0.2) is 41.4 Å². The summed E-state index contributed by atoms with van der Waals surface area (Å²) in [6.07, 6.45) is -4.40. The number of carbonyl (C=O) groups is 3. The highest BCUT2D eigenvalue weighted by atomic mass is 32.2. The van der Waals surface area contributed by atoms with Crippen molar-refractivity contribution in [3.63, 3.8) is 0 Å². The third-order valence-electron chi connectivity index (χ3n) is 8.44. The molecule has 0 aromatic heterocycles. The van der Waals surface area contributed by atoms with E-state index >= 15 is 0 Å². The molecule has 5 aliphatic heterocycles. The van der Waals surface area contributed by atoms with E-state index in [1.54, 1.807) is 25.1 Å². The molecule has 1 fully saturated rings. The maximum atomic E-state index is 13.8. The molecule has 0 atom stereocenters. The fraction of sp³-hybridized carbons (Fsp3) is 0.484. The molecular formula is C31H36F3N5O7S. The number of carbonyl (C=O) groups excluding carboxylic acids is 3. The van der Waals surface area contributed by atoms with Gasteiger partial charge in [0, 0.05) is 37.8 Å². The van der Waals surface area contributed by atoms with E-state index in [4.69, 9.17) is 9.47 Å². The third kappa shape index (κ3) is 7.93. The van der Waals surface area contributed by atoms with E-state index in [1.165, 1.54) is 22.3 Å². The van der Waals surface area contributed by atoms with Gasteiger partial charge < -0.3 is 25.0 Å². The van der Waals surface area contributed by atoms with Gasteiger partial charge in [-0.3, -0.25) is 19.4 Å².